The molecule has 0 aromatic carbocycles. The predicted molar refractivity (Wildman–Crippen MR) is 49.9 cm³/mol. The van der Waals surface area contributed by atoms with Crippen molar-refractivity contribution in [2.45, 2.75) is 19.4 Å². The molecule has 0 atom stereocenters. The lowest BCUT2D eigenvalue weighted by molar-refractivity contribution is -0.697. The highest BCUT2D eigenvalue weighted by molar-refractivity contribution is 7.96. The Morgan fingerprint density at radius 3 is 2.50 bits per heavy atom. The molecule has 0 aliphatic heterocycles. The van der Waals surface area contributed by atoms with E-state index in [1.807, 2.05) is 30.6 Å². The summed E-state index contributed by atoms with van der Waals surface area (Å²) in [4.78, 5) is 10.5. The second-order valence-electron chi connectivity index (χ2n) is 2.61. The Morgan fingerprint density at radius 2 is 1.92 bits per heavy atom. The van der Waals surface area contributed by atoms with Crippen molar-refractivity contribution >= 4 is 17.7 Å². The Balaban J connectivity index is 2.29. The van der Waals surface area contributed by atoms with Crippen LogP contribution in [0.2, 0.25) is 0 Å². The molecule has 0 aliphatic rings. The van der Waals surface area contributed by atoms with Crippen LogP contribution in [0.25, 0.3) is 0 Å². The molecule has 0 saturated heterocycles. The summed E-state index contributed by atoms with van der Waals surface area (Å²) in [5, 5.41) is -0.0356. The van der Waals surface area contributed by atoms with Crippen LogP contribution in [0.15, 0.2) is 30.6 Å². The molecule has 0 spiro atoms. The number of carbonyl (C=O) groups is 1. The molecule has 0 bridgehead atoms. The summed E-state index contributed by atoms with van der Waals surface area (Å²) in [6.45, 7) is 0.882. The topological polar surface area (TPSA) is 20.9 Å². The van der Waals surface area contributed by atoms with Crippen LogP contribution in [0.3, 0.4) is 0 Å². The summed E-state index contributed by atoms with van der Waals surface area (Å²) in [5.74, 6) is 0. The smallest absolute Gasteiger partial charge is 0.186 e. The Labute approximate surface area is 77.6 Å². The average Bonchev–Trinajstić information content (AvgIpc) is 2.05. The van der Waals surface area contributed by atoms with E-state index in [1.165, 1.54) is 0 Å². The van der Waals surface area contributed by atoms with Crippen molar-refractivity contribution in [1.29, 1.82) is 0 Å². The highest BCUT2D eigenvalue weighted by Gasteiger charge is 1.99. The summed E-state index contributed by atoms with van der Waals surface area (Å²) in [7, 11) is 0. The van der Waals surface area contributed by atoms with Crippen molar-refractivity contribution in [3.63, 3.8) is 0 Å². The quantitative estimate of drug-likeness (QED) is 0.548. The lowest BCUT2D eigenvalue weighted by Crippen LogP contribution is -2.32. The van der Waals surface area contributed by atoms with Gasteiger partial charge in [-0.25, -0.2) is 4.57 Å². The summed E-state index contributed by atoms with van der Waals surface area (Å²) in [6, 6.07) is 5.92. The van der Waals surface area contributed by atoms with Gasteiger partial charge in [0.05, 0.1) is 0 Å². The van der Waals surface area contributed by atoms with Crippen molar-refractivity contribution in [2.75, 3.05) is 0 Å². The molecule has 1 aromatic heterocycles. The second-order valence-corrected chi connectivity index (χ2v) is 3.11. The van der Waals surface area contributed by atoms with Crippen LogP contribution in [0.5, 0.6) is 0 Å². The van der Waals surface area contributed by atoms with E-state index in [-0.39, 0.29) is 5.12 Å². The molecule has 0 unspecified atom stereocenters. The van der Waals surface area contributed by atoms with Gasteiger partial charge in [0.2, 0.25) is 0 Å². The van der Waals surface area contributed by atoms with Gasteiger partial charge in [0.15, 0.2) is 17.5 Å². The number of hydrogen-bond acceptors (Lipinski definition) is 1. The molecule has 3 heteroatoms. The zero-order valence-corrected chi connectivity index (χ0v) is 7.71. The van der Waals surface area contributed by atoms with Crippen LogP contribution in [0.1, 0.15) is 12.8 Å². The van der Waals surface area contributed by atoms with Gasteiger partial charge in [0.25, 0.3) is 0 Å². The zero-order chi connectivity index (χ0) is 8.81. The predicted octanol–water partition coefficient (Wildman–Crippen LogP) is 1.21. The fraction of sp³-hybridized carbons (Fsp3) is 0.333. The van der Waals surface area contributed by atoms with E-state index in [0.29, 0.717) is 6.42 Å². The molecule has 0 fully saturated rings. The number of pyridine rings is 1. The third-order valence-corrected chi connectivity index (χ3v) is 1.81. The highest BCUT2D eigenvalue weighted by atomic mass is 32.1. The Hall–Kier alpha value is -0.830. The lowest BCUT2D eigenvalue weighted by Gasteiger charge is -1.93. The minimum absolute atomic E-state index is 0.0356. The first-order valence-electron chi connectivity index (χ1n) is 3.95. The summed E-state index contributed by atoms with van der Waals surface area (Å²) in [6.07, 6.45) is 5.38. The maximum absolute atomic E-state index is 10.5. The van der Waals surface area contributed by atoms with Gasteiger partial charge in [-0.2, -0.15) is 0 Å². The summed E-state index contributed by atoms with van der Waals surface area (Å²) >= 11 is 3.70. The van der Waals surface area contributed by atoms with Gasteiger partial charge in [0, 0.05) is 25.0 Å². The maximum Gasteiger partial charge on any atom is 0.186 e. The largest absolute Gasteiger partial charge is 0.288 e. The Morgan fingerprint density at radius 1 is 1.25 bits per heavy atom. The maximum atomic E-state index is 10.5. The molecule has 2 nitrogen and oxygen atoms in total. The zero-order valence-electron chi connectivity index (χ0n) is 6.81. The number of aryl methyl sites for hydroxylation is 1. The van der Waals surface area contributed by atoms with Gasteiger partial charge in [-0.1, -0.05) is 6.07 Å². The van der Waals surface area contributed by atoms with Gasteiger partial charge < -0.3 is 0 Å². The fourth-order valence-electron chi connectivity index (χ4n) is 0.996. The van der Waals surface area contributed by atoms with Crippen LogP contribution >= 0.6 is 12.6 Å². The van der Waals surface area contributed by atoms with Gasteiger partial charge in [-0.3, -0.25) is 4.79 Å². The molecule has 12 heavy (non-hydrogen) atoms. The first-order chi connectivity index (χ1) is 5.79. The normalized spacial score (nSPS) is 9.75. The van der Waals surface area contributed by atoms with Crippen molar-refractivity contribution < 1.29 is 9.36 Å². The molecular formula is C9H12NOS+. The number of carbonyl (C=O) groups excluding carboxylic acids is 1. The van der Waals surface area contributed by atoms with Crippen molar-refractivity contribution in [2.24, 2.45) is 0 Å². The molecule has 0 saturated carbocycles. The first-order valence-corrected chi connectivity index (χ1v) is 4.39. The van der Waals surface area contributed by atoms with E-state index >= 15 is 0 Å². The van der Waals surface area contributed by atoms with Gasteiger partial charge in [0.1, 0.15) is 6.54 Å². The Kier molecular flexibility index (Phi) is 3.80. The minimum Gasteiger partial charge on any atom is -0.288 e. The fourth-order valence-corrected chi connectivity index (χ4v) is 1.15. The third kappa shape index (κ3) is 3.53. The van der Waals surface area contributed by atoms with E-state index in [0.717, 1.165) is 13.0 Å². The summed E-state index contributed by atoms with van der Waals surface area (Å²) in [5.41, 5.74) is 0. The molecule has 0 amide bonds. The number of aromatic nitrogens is 1. The molecule has 0 N–H and O–H groups in total. The molecule has 1 heterocycles. The highest BCUT2D eigenvalue weighted by Crippen LogP contribution is 1.93. The SMILES string of the molecule is O=C(S)CCC[n+]1ccccc1. The standard InChI is InChI=1S/C9H11NOS/c11-9(12)5-4-8-10-6-2-1-3-7-10/h1-3,6-7H,4-5,8H2/p+1. The molecule has 64 valence electrons. The van der Waals surface area contributed by atoms with Crippen LogP contribution in [0.4, 0.5) is 0 Å². The number of hydrogen-bond donors (Lipinski definition) is 1. The van der Waals surface area contributed by atoms with E-state index in [2.05, 4.69) is 17.2 Å². The van der Waals surface area contributed by atoms with Crippen LogP contribution in [0, 0.1) is 0 Å². The molecule has 1 rings (SSSR count). The second kappa shape index (κ2) is 4.93. The Bertz CT molecular complexity index is 248. The lowest BCUT2D eigenvalue weighted by atomic mass is 10.3. The molecule has 1 aromatic rings. The first kappa shape index (κ1) is 9.26. The van der Waals surface area contributed by atoms with E-state index in [9.17, 15) is 4.79 Å². The molecule has 0 radical (unpaired) electrons. The number of nitrogens with zero attached hydrogens (tertiary/aromatic N) is 1. The van der Waals surface area contributed by atoms with E-state index in [4.69, 9.17) is 0 Å². The average molecular weight is 182 g/mol. The monoisotopic (exact) mass is 182 g/mol. The minimum atomic E-state index is -0.0356. The van der Waals surface area contributed by atoms with Crippen LogP contribution in [-0.4, -0.2) is 5.12 Å². The van der Waals surface area contributed by atoms with Crippen LogP contribution < -0.4 is 4.57 Å². The van der Waals surface area contributed by atoms with Crippen molar-refractivity contribution in [1.82, 2.24) is 0 Å². The molecule has 0 aliphatic carbocycles. The van der Waals surface area contributed by atoms with Gasteiger partial charge in [-0.15, -0.1) is 12.6 Å². The summed E-state index contributed by atoms with van der Waals surface area (Å²) < 4.78 is 2.05. The number of rotatable bonds is 4. The van der Waals surface area contributed by atoms with Crippen molar-refractivity contribution in [3.05, 3.63) is 30.6 Å². The van der Waals surface area contributed by atoms with Gasteiger partial charge >= 0.3 is 0 Å². The molecular weight excluding hydrogens is 170 g/mol. The van der Waals surface area contributed by atoms with E-state index < -0.39 is 0 Å². The van der Waals surface area contributed by atoms with Gasteiger partial charge in [-0.05, 0) is 0 Å². The van der Waals surface area contributed by atoms with Crippen molar-refractivity contribution in [3.8, 4) is 0 Å². The van der Waals surface area contributed by atoms with E-state index in [1.54, 1.807) is 0 Å². The van der Waals surface area contributed by atoms with Crippen LogP contribution in [-0.2, 0) is 11.3 Å². The third-order valence-electron chi connectivity index (χ3n) is 1.58. The number of thiol groups is 1.